The maximum absolute atomic E-state index is 13.0. The van der Waals surface area contributed by atoms with Gasteiger partial charge in [0.15, 0.2) is 0 Å². The lowest BCUT2D eigenvalue weighted by Gasteiger charge is -2.09. The number of esters is 1. The molecule has 2 N–H and O–H groups in total. The molecule has 3 rings (SSSR count). The monoisotopic (exact) mass is 452 g/mol. The van der Waals surface area contributed by atoms with Crippen LogP contribution >= 0.6 is 11.3 Å². The van der Waals surface area contributed by atoms with Gasteiger partial charge >= 0.3 is 5.97 Å². The lowest BCUT2D eigenvalue weighted by Crippen LogP contribution is -2.15. The normalized spacial score (nSPS) is 10.4. The van der Waals surface area contributed by atoms with Crippen molar-refractivity contribution in [2.24, 2.45) is 0 Å². The van der Waals surface area contributed by atoms with Gasteiger partial charge in [0.25, 0.3) is 11.8 Å². The van der Waals surface area contributed by atoms with E-state index in [2.05, 4.69) is 10.6 Å². The zero-order chi connectivity index (χ0) is 23.3. The molecule has 2 aromatic carbocycles. The molecular weight excluding hydrogens is 428 g/mol. The lowest BCUT2D eigenvalue weighted by atomic mass is 10.1. The molecule has 0 unspecified atom stereocenters. The Hall–Kier alpha value is -3.65. The maximum atomic E-state index is 13.0. The molecule has 7 nitrogen and oxygen atoms in total. The van der Waals surface area contributed by atoms with Crippen LogP contribution in [0.2, 0.25) is 0 Å². The summed E-state index contributed by atoms with van der Waals surface area (Å²) in [6, 6.07) is 14.1. The number of carbonyl (C=O) groups excluding carboxylic acids is 3. The van der Waals surface area contributed by atoms with E-state index in [1.54, 1.807) is 56.3 Å². The summed E-state index contributed by atoms with van der Waals surface area (Å²) >= 11 is 1.02. The van der Waals surface area contributed by atoms with Crippen molar-refractivity contribution in [3.63, 3.8) is 0 Å². The molecule has 0 saturated carbocycles. The Morgan fingerprint density at radius 3 is 2.41 bits per heavy atom. The van der Waals surface area contributed by atoms with Gasteiger partial charge in [-0.05, 0) is 50.6 Å². The van der Waals surface area contributed by atoms with E-state index in [0.29, 0.717) is 27.4 Å². The second-order valence-electron chi connectivity index (χ2n) is 6.96. The van der Waals surface area contributed by atoms with Gasteiger partial charge in [-0.2, -0.15) is 0 Å². The largest absolute Gasteiger partial charge is 0.495 e. The van der Waals surface area contributed by atoms with Crippen LogP contribution in [0.3, 0.4) is 0 Å². The smallest absolute Gasteiger partial charge is 0.341 e. The molecular formula is C24H24N2O5S. The van der Waals surface area contributed by atoms with Crippen LogP contribution in [0.25, 0.3) is 0 Å². The molecule has 1 heterocycles. The van der Waals surface area contributed by atoms with Crippen molar-refractivity contribution in [1.82, 2.24) is 0 Å². The Bertz CT molecular complexity index is 1170. The predicted molar refractivity (Wildman–Crippen MR) is 125 cm³/mol. The first-order chi connectivity index (χ1) is 15.3. The van der Waals surface area contributed by atoms with Gasteiger partial charge in [-0.1, -0.05) is 29.8 Å². The van der Waals surface area contributed by atoms with E-state index in [-0.39, 0.29) is 23.1 Å². The minimum atomic E-state index is -0.600. The molecule has 0 aliphatic carbocycles. The van der Waals surface area contributed by atoms with Crippen LogP contribution in [-0.2, 0) is 4.74 Å². The predicted octanol–water partition coefficient (Wildman–Crippen LogP) is 5.05. The zero-order valence-electron chi connectivity index (χ0n) is 18.3. The number of hydrogen-bond donors (Lipinski definition) is 2. The lowest BCUT2D eigenvalue weighted by molar-refractivity contribution is 0.0527. The zero-order valence-corrected chi connectivity index (χ0v) is 19.1. The van der Waals surface area contributed by atoms with Crippen LogP contribution in [0.1, 0.15) is 48.4 Å². The Morgan fingerprint density at radius 1 is 0.969 bits per heavy atom. The van der Waals surface area contributed by atoms with E-state index >= 15 is 0 Å². The summed E-state index contributed by atoms with van der Waals surface area (Å²) < 4.78 is 10.4. The highest BCUT2D eigenvalue weighted by Gasteiger charge is 2.27. The Labute approximate surface area is 190 Å². The number of anilines is 2. The molecule has 0 saturated heterocycles. The van der Waals surface area contributed by atoms with Gasteiger partial charge in [0.1, 0.15) is 10.8 Å². The molecule has 0 atom stereocenters. The third-order valence-corrected chi connectivity index (χ3v) is 5.90. The molecule has 0 aliphatic heterocycles. The van der Waals surface area contributed by atoms with Gasteiger partial charge in [-0.3, -0.25) is 9.59 Å². The third-order valence-electron chi connectivity index (χ3n) is 4.70. The molecule has 1 aromatic heterocycles. The highest BCUT2D eigenvalue weighted by atomic mass is 32.1. The second-order valence-corrected chi connectivity index (χ2v) is 7.98. The fourth-order valence-electron chi connectivity index (χ4n) is 3.16. The standard InChI is InChI=1S/C24H24N2O5S/c1-5-31-24(29)19-15(3)20(22(28)25-17-11-6-7-12-18(17)30-4)32-23(19)26-21(27)16-10-8-9-14(2)13-16/h6-13H,5H2,1-4H3,(H,25,28)(H,26,27). The van der Waals surface area contributed by atoms with Gasteiger partial charge in [0.2, 0.25) is 0 Å². The van der Waals surface area contributed by atoms with Crippen LogP contribution in [0.4, 0.5) is 10.7 Å². The number of thiophene rings is 1. The number of benzene rings is 2. The number of nitrogens with one attached hydrogen (secondary N) is 2. The first-order valence-electron chi connectivity index (χ1n) is 9.98. The van der Waals surface area contributed by atoms with Crippen LogP contribution in [0.5, 0.6) is 5.75 Å². The molecule has 3 aromatic rings. The molecule has 0 aliphatic rings. The average Bonchev–Trinajstić information content (AvgIpc) is 3.10. The van der Waals surface area contributed by atoms with Gasteiger partial charge in [-0.25, -0.2) is 4.79 Å². The number of methoxy groups -OCH3 is 1. The topological polar surface area (TPSA) is 93.7 Å². The first-order valence-corrected chi connectivity index (χ1v) is 10.8. The molecule has 166 valence electrons. The quantitative estimate of drug-likeness (QED) is 0.489. The third kappa shape index (κ3) is 4.97. The maximum Gasteiger partial charge on any atom is 0.341 e. The minimum Gasteiger partial charge on any atom is -0.495 e. The number of aryl methyl sites for hydroxylation is 1. The van der Waals surface area contributed by atoms with Crippen LogP contribution < -0.4 is 15.4 Å². The summed E-state index contributed by atoms with van der Waals surface area (Å²) in [4.78, 5) is 38.7. The van der Waals surface area contributed by atoms with Crippen molar-refractivity contribution in [3.8, 4) is 5.75 Å². The fourth-order valence-corrected chi connectivity index (χ4v) is 4.24. The molecule has 0 bridgehead atoms. The Balaban J connectivity index is 1.96. The van der Waals surface area contributed by atoms with Crippen molar-refractivity contribution in [2.75, 3.05) is 24.4 Å². The minimum absolute atomic E-state index is 0.169. The Kier molecular flexibility index (Phi) is 7.27. The summed E-state index contributed by atoms with van der Waals surface area (Å²) in [6.07, 6.45) is 0. The Morgan fingerprint density at radius 2 is 1.72 bits per heavy atom. The SMILES string of the molecule is CCOC(=O)c1c(NC(=O)c2cccc(C)c2)sc(C(=O)Nc2ccccc2OC)c1C. The molecule has 0 fully saturated rings. The van der Waals surface area contributed by atoms with Gasteiger partial charge < -0.3 is 20.1 Å². The number of ether oxygens (including phenoxy) is 2. The van der Waals surface area contributed by atoms with E-state index in [1.807, 2.05) is 13.0 Å². The van der Waals surface area contributed by atoms with Gasteiger partial charge in [0, 0.05) is 5.56 Å². The second kappa shape index (κ2) is 10.1. The summed E-state index contributed by atoms with van der Waals surface area (Å²) in [7, 11) is 1.51. The van der Waals surface area contributed by atoms with Crippen molar-refractivity contribution in [3.05, 3.63) is 75.7 Å². The van der Waals surface area contributed by atoms with Crippen molar-refractivity contribution in [1.29, 1.82) is 0 Å². The number of amides is 2. The van der Waals surface area contributed by atoms with Gasteiger partial charge in [0.05, 0.1) is 29.8 Å². The first kappa shape index (κ1) is 23.0. The number of rotatable bonds is 7. The van der Waals surface area contributed by atoms with Gasteiger partial charge in [-0.15, -0.1) is 11.3 Å². The number of hydrogen-bond acceptors (Lipinski definition) is 6. The highest BCUT2D eigenvalue weighted by Crippen LogP contribution is 2.35. The van der Waals surface area contributed by atoms with E-state index in [9.17, 15) is 14.4 Å². The van der Waals surface area contributed by atoms with E-state index in [1.165, 1.54) is 7.11 Å². The number of para-hydroxylation sites is 2. The summed E-state index contributed by atoms with van der Waals surface area (Å²) in [5.41, 5.74) is 2.48. The van der Waals surface area contributed by atoms with E-state index < -0.39 is 11.9 Å². The summed E-state index contributed by atoms with van der Waals surface area (Å²) in [5, 5.41) is 5.84. The van der Waals surface area contributed by atoms with Crippen LogP contribution in [-0.4, -0.2) is 31.5 Å². The van der Waals surface area contributed by atoms with Crippen molar-refractivity contribution in [2.45, 2.75) is 20.8 Å². The number of carbonyl (C=O) groups is 3. The van der Waals surface area contributed by atoms with Crippen LogP contribution in [0.15, 0.2) is 48.5 Å². The molecule has 0 spiro atoms. The molecule has 2 amide bonds. The van der Waals surface area contributed by atoms with E-state index in [4.69, 9.17) is 9.47 Å². The summed E-state index contributed by atoms with van der Waals surface area (Å²) in [6.45, 7) is 5.40. The highest BCUT2D eigenvalue weighted by molar-refractivity contribution is 7.19. The van der Waals surface area contributed by atoms with Crippen LogP contribution in [0, 0.1) is 13.8 Å². The molecule has 8 heteroatoms. The molecule has 0 radical (unpaired) electrons. The average molecular weight is 453 g/mol. The van der Waals surface area contributed by atoms with Crippen molar-refractivity contribution < 1.29 is 23.9 Å². The fraction of sp³-hybridized carbons (Fsp3) is 0.208. The van der Waals surface area contributed by atoms with Crippen molar-refractivity contribution >= 4 is 39.8 Å². The summed E-state index contributed by atoms with van der Waals surface area (Å²) in [5.74, 6) is -0.887. The molecule has 32 heavy (non-hydrogen) atoms. The van der Waals surface area contributed by atoms with E-state index in [0.717, 1.165) is 16.9 Å².